The number of likely N-dealkylation sites (tertiary alicyclic amines) is 1. The molecule has 11 heteroatoms. The summed E-state index contributed by atoms with van der Waals surface area (Å²) in [6.07, 6.45) is 3.49. The zero-order valence-electron chi connectivity index (χ0n) is 25.6. The molecule has 3 heterocycles. The van der Waals surface area contributed by atoms with Crippen molar-refractivity contribution in [2.75, 3.05) is 24.5 Å². The second-order valence-electron chi connectivity index (χ2n) is 12.6. The summed E-state index contributed by atoms with van der Waals surface area (Å²) in [7, 11) is 0. The molecular weight excluding hydrogens is 604 g/mol. The molecule has 0 unspecified atom stereocenters. The third kappa shape index (κ3) is 5.30. The van der Waals surface area contributed by atoms with Crippen molar-refractivity contribution in [3.8, 4) is 0 Å². The molecule has 3 aliphatic rings. The smallest absolute Gasteiger partial charge is 0.338 e. The number of ether oxygens (including phenoxy) is 1. The first-order valence-electron chi connectivity index (χ1n) is 15.6. The Bertz CT molecular complexity index is 1790. The summed E-state index contributed by atoms with van der Waals surface area (Å²) < 4.78 is 5.95. The Morgan fingerprint density at radius 1 is 1.09 bits per heavy atom. The fourth-order valence-electron chi connectivity index (χ4n) is 7.59. The van der Waals surface area contributed by atoms with Crippen molar-refractivity contribution in [1.82, 2.24) is 14.9 Å². The summed E-state index contributed by atoms with van der Waals surface area (Å²) >= 11 is 6.78. The van der Waals surface area contributed by atoms with Crippen LogP contribution < -0.4 is 10.6 Å². The normalized spacial score (nSPS) is 20.0. The number of piperidine rings is 1. The van der Waals surface area contributed by atoms with E-state index in [-0.39, 0.29) is 22.6 Å². The molecule has 1 aromatic heterocycles. The quantitative estimate of drug-likeness (QED) is 0.135. The van der Waals surface area contributed by atoms with Crippen molar-refractivity contribution in [1.29, 1.82) is 0 Å². The molecular formula is C35H35ClN6O4. The number of benzene rings is 3. The number of halogens is 1. The second-order valence-corrected chi connectivity index (χ2v) is 13.0. The van der Waals surface area contributed by atoms with Gasteiger partial charge in [-0.1, -0.05) is 48.9 Å². The van der Waals surface area contributed by atoms with Crippen LogP contribution in [0.25, 0.3) is 0 Å². The van der Waals surface area contributed by atoms with Gasteiger partial charge in [0.15, 0.2) is 0 Å². The number of carbonyl (C=O) groups excluding carboxylic acids is 1. The first kappa shape index (κ1) is 30.3. The number of hydrogen-bond acceptors (Lipinski definition) is 9. The molecule has 0 radical (unpaired) electrons. The average Bonchev–Trinajstić information content (AvgIpc) is 3.56. The summed E-state index contributed by atoms with van der Waals surface area (Å²) in [4.78, 5) is 37.9. The van der Waals surface area contributed by atoms with E-state index in [1.54, 1.807) is 6.33 Å². The zero-order valence-corrected chi connectivity index (χ0v) is 26.3. The Kier molecular flexibility index (Phi) is 7.96. The summed E-state index contributed by atoms with van der Waals surface area (Å²) in [6.45, 7) is 6.04. The van der Waals surface area contributed by atoms with Crippen molar-refractivity contribution in [3.05, 3.63) is 122 Å². The molecule has 0 amide bonds. The lowest BCUT2D eigenvalue weighted by Gasteiger charge is -2.40. The van der Waals surface area contributed by atoms with Gasteiger partial charge in [0.25, 0.3) is 5.69 Å². The Morgan fingerprint density at radius 3 is 2.52 bits per heavy atom. The molecule has 1 spiro atoms. The van der Waals surface area contributed by atoms with E-state index in [2.05, 4.69) is 52.0 Å². The molecule has 1 fully saturated rings. The summed E-state index contributed by atoms with van der Waals surface area (Å²) in [5.74, 6) is 0.312. The van der Waals surface area contributed by atoms with Crippen molar-refractivity contribution in [3.63, 3.8) is 0 Å². The highest BCUT2D eigenvalue weighted by atomic mass is 35.5. The number of non-ortho nitro benzene ring substituents is 1. The molecule has 7 rings (SSSR count). The number of anilines is 2. The van der Waals surface area contributed by atoms with Crippen LogP contribution in [0.4, 0.5) is 17.2 Å². The van der Waals surface area contributed by atoms with E-state index in [1.807, 2.05) is 12.1 Å². The number of nitro groups is 1. The number of esters is 1. The monoisotopic (exact) mass is 638 g/mol. The maximum Gasteiger partial charge on any atom is 0.338 e. The third-order valence-corrected chi connectivity index (χ3v) is 10.2. The van der Waals surface area contributed by atoms with Gasteiger partial charge in [0.05, 0.1) is 16.2 Å². The number of nitrogens with zero attached hydrogens (tertiary/aromatic N) is 5. The van der Waals surface area contributed by atoms with Crippen LogP contribution >= 0.6 is 11.6 Å². The molecule has 0 saturated carbocycles. The van der Waals surface area contributed by atoms with E-state index >= 15 is 0 Å². The molecule has 3 aromatic carbocycles. The van der Waals surface area contributed by atoms with Gasteiger partial charge in [-0.25, -0.2) is 14.8 Å². The first-order chi connectivity index (χ1) is 22.3. The minimum absolute atomic E-state index is 0.0369. The number of aromatic nitrogens is 2. The fourth-order valence-corrected chi connectivity index (χ4v) is 7.82. The van der Waals surface area contributed by atoms with Crippen molar-refractivity contribution < 1.29 is 14.5 Å². The lowest BCUT2D eigenvalue weighted by molar-refractivity contribution is -0.384. The molecule has 10 nitrogen and oxygen atoms in total. The maximum absolute atomic E-state index is 13.1. The van der Waals surface area contributed by atoms with Crippen molar-refractivity contribution in [2.24, 2.45) is 5.73 Å². The SMILES string of the molecule is C[C@@H]1C[C@@H](OC(=O)c2ccc([N+](=O)[O-])cc2)c2ncnc(N3CC4(CCN(Cc5ccccc5)CC4)c4c3ccc(Cl)c4CN)c21. The number of fused-ring (bicyclic) bond motifs is 3. The first-order valence-corrected chi connectivity index (χ1v) is 16.0. The maximum atomic E-state index is 13.1. The van der Waals surface area contributed by atoms with Gasteiger partial charge in [-0.3, -0.25) is 15.0 Å². The van der Waals surface area contributed by atoms with Crippen LogP contribution in [0.15, 0.2) is 73.1 Å². The second kappa shape index (κ2) is 12.1. The van der Waals surface area contributed by atoms with Gasteiger partial charge in [-0.05, 0) is 79.2 Å². The highest BCUT2D eigenvalue weighted by Crippen LogP contribution is 2.54. The highest BCUT2D eigenvalue weighted by molar-refractivity contribution is 6.31. The number of nitro benzene ring substituents is 1. The van der Waals surface area contributed by atoms with Crippen molar-refractivity contribution >= 4 is 34.8 Å². The van der Waals surface area contributed by atoms with Crippen LogP contribution in [0.5, 0.6) is 0 Å². The van der Waals surface area contributed by atoms with E-state index in [4.69, 9.17) is 27.1 Å². The molecule has 2 atom stereocenters. The van der Waals surface area contributed by atoms with Crippen LogP contribution in [-0.4, -0.2) is 45.4 Å². The minimum atomic E-state index is -0.559. The lowest BCUT2D eigenvalue weighted by atomic mass is 9.72. The van der Waals surface area contributed by atoms with Gasteiger partial charge in [0.1, 0.15) is 18.2 Å². The molecule has 2 N–H and O–H groups in total. The van der Waals surface area contributed by atoms with Crippen LogP contribution in [0.1, 0.15) is 76.5 Å². The van der Waals surface area contributed by atoms with Gasteiger partial charge < -0.3 is 15.4 Å². The standard InChI is InChI=1S/C35H35ClN6O4/c1-22-17-29(46-34(43)24-7-9-25(10-8-24)42(44)45)32-30(22)33(39-21-38-32)41-20-35(31-26(18-37)27(36)11-12-28(31)41)13-15-40(16-14-35)19-23-5-3-2-4-6-23/h2-12,21-22,29H,13-20,37H2,1H3/t22-,29-/m1/s1. The lowest BCUT2D eigenvalue weighted by Crippen LogP contribution is -2.45. The van der Waals surface area contributed by atoms with E-state index in [1.165, 1.54) is 35.4 Å². The summed E-state index contributed by atoms with van der Waals surface area (Å²) in [5, 5.41) is 11.7. The predicted octanol–water partition coefficient (Wildman–Crippen LogP) is 6.59. The highest BCUT2D eigenvalue weighted by Gasteiger charge is 2.48. The molecule has 2 aliphatic heterocycles. The number of nitrogens with two attached hydrogens (primary N) is 1. The minimum Gasteiger partial charge on any atom is -0.452 e. The topological polar surface area (TPSA) is 128 Å². The number of carbonyl (C=O) groups is 1. The van der Waals surface area contributed by atoms with E-state index < -0.39 is 17.0 Å². The van der Waals surface area contributed by atoms with Gasteiger partial charge in [-0.15, -0.1) is 0 Å². The Morgan fingerprint density at radius 2 is 1.83 bits per heavy atom. The van der Waals surface area contributed by atoms with Gasteiger partial charge in [0, 0.05) is 53.5 Å². The van der Waals surface area contributed by atoms with Crippen LogP contribution in [0.2, 0.25) is 5.02 Å². The van der Waals surface area contributed by atoms with E-state index in [0.29, 0.717) is 23.7 Å². The van der Waals surface area contributed by atoms with Crippen LogP contribution in [0, 0.1) is 10.1 Å². The predicted molar refractivity (Wildman–Crippen MR) is 175 cm³/mol. The number of hydrogen-bond donors (Lipinski definition) is 1. The molecule has 1 aliphatic carbocycles. The van der Waals surface area contributed by atoms with Gasteiger partial charge >= 0.3 is 5.97 Å². The van der Waals surface area contributed by atoms with Crippen LogP contribution in [-0.2, 0) is 23.2 Å². The Balaban J connectivity index is 1.19. The molecule has 1 saturated heterocycles. The molecule has 236 valence electrons. The van der Waals surface area contributed by atoms with Crippen molar-refractivity contribution in [2.45, 2.75) is 56.7 Å². The summed E-state index contributed by atoms with van der Waals surface area (Å²) in [5.41, 5.74) is 12.6. The molecule has 4 aromatic rings. The fraction of sp³-hybridized carbons (Fsp3) is 0.343. The van der Waals surface area contributed by atoms with E-state index in [0.717, 1.165) is 61.7 Å². The Hall–Kier alpha value is -4.38. The van der Waals surface area contributed by atoms with Gasteiger partial charge in [0.2, 0.25) is 0 Å². The zero-order chi connectivity index (χ0) is 32.0. The largest absolute Gasteiger partial charge is 0.452 e. The van der Waals surface area contributed by atoms with Gasteiger partial charge in [-0.2, -0.15) is 0 Å². The average molecular weight is 639 g/mol. The third-order valence-electron chi connectivity index (χ3n) is 9.86. The number of rotatable bonds is 7. The molecule has 0 bridgehead atoms. The van der Waals surface area contributed by atoms with Crippen LogP contribution in [0.3, 0.4) is 0 Å². The molecule has 46 heavy (non-hydrogen) atoms. The Labute approximate surface area is 272 Å². The summed E-state index contributed by atoms with van der Waals surface area (Å²) in [6, 6.07) is 20.0. The van der Waals surface area contributed by atoms with E-state index in [9.17, 15) is 14.9 Å².